The van der Waals surface area contributed by atoms with Gasteiger partial charge in [0.2, 0.25) is 0 Å². The SMILES string of the molecule is CN(C)c1ccc2[nH]c(C3CCCC3)nc2n1. The molecule has 0 bridgehead atoms. The van der Waals surface area contributed by atoms with Gasteiger partial charge in [-0.15, -0.1) is 0 Å². The molecule has 0 saturated heterocycles. The Morgan fingerprint density at radius 3 is 2.65 bits per heavy atom. The first-order valence-corrected chi connectivity index (χ1v) is 6.28. The number of pyridine rings is 1. The number of aromatic nitrogens is 3. The lowest BCUT2D eigenvalue weighted by atomic mass is 10.1. The molecule has 1 aliphatic carbocycles. The van der Waals surface area contributed by atoms with Crippen LogP contribution in [0.2, 0.25) is 0 Å². The molecule has 4 heteroatoms. The summed E-state index contributed by atoms with van der Waals surface area (Å²) < 4.78 is 0. The molecule has 90 valence electrons. The van der Waals surface area contributed by atoms with Gasteiger partial charge in [-0.25, -0.2) is 9.97 Å². The molecule has 0 unspecified atom stereocenters. The quantitative estimate of drug-likeness (QED) is 0.862. The van der Waals surface area contributed by atoms with E-state index in [-0.39, 0.29) is 0 Å². The van der Waals surface area contributed by atoms with Crippen LogP contribution in [0.4, 0.5) is 5.82 Å². The van der Waals surface area contributed by atoms with Gasteiger partial charge in [0, 0.05) is 20.0 Å². The molecule has 2 aromatic heterocycles. The highest BCUT2D eigenvalue weighted by Crippen LogP contribution is 2.33. The number of imidazole rings is 1. The van der Waals surface area contributed by atoms with E-state index in [1.54, 1.807) is 0 Å². The van der Waals surface area contributed by atoms with Gasteiger partial charge in [-0.05, 0) is 25.0 Å². The molecular formula is C13H18N4. The molecular weight excluding hydrogens is 212 g/mol. The third kappa shape index (κ3) is 1.88. The zero-order valence-electron chi connectivity index (χ0n) is 10.4. The van der Waals surface area contributed by atoms with Gasteiger partial charge < -0.3 is 9.88 Å². The molecule has 0 radical (unpaired) electrons. The van der Waals surface area contributed by atoms with Gasteiger partial charge in [-0.2, -0.15) is 0 Å². The van der Waals surface area contributed by atoms with Gasteiger partial charge >= 0.3 is 0 Å². The van der Waals surface area contributed by atoms with Crippen LogP contribution in [0.25, 0.3) is 11.2 Å². The highest BCUT2D eigenvalue weighted by Gasteiger charge is 2.20. The highest BCUT2D eigenvalue weighted by atomic mass is 15.1. The molecule has 1 saturated carbocycles. The lowest BCUT2D eigenvalue weighted by Gasteiger charge is -2.09. The predicted molar refractivity (Wildman–Crippen MR) is 69.4 cm³/mol. The van der Waals surface area contributed by atoms with E-state index in [1.807, 2.05) is 25.1 Å². The van der Waals surface area contributed by atoms with Crippen molar-refractivity contribution in [2.75, 3.05) is 19.0 Å². The molecule has 2 heterocycles. The van der Waals surface area contributed by atoms with Gasteiger partial charge in [-0.3, -0.25) is 0 Å². The summed E-state index contributed by atoms with van der Waals surface area (Å²) in [5.41, 5.74) is 1.90. The summed E-state index contributed by atoms with van der Waals surface area (Å²) in [6.45, 7) is 0. The summed E-state index contributed by atoms with van der Waals surface area (Å²) in [4.78, 5) is 14.6. The van der Waals surface area contributed by atoms with Crippen molar-refractivity contribution in [1.82, 2.24) is 15.0 Å². The van der Waals surface area contributed by atoms with Crippen molar-refractivity contribution in [2.45, 2.75) is 31.6 Å². The molecule has 0 spiro atoms. The Hall–Kier alpha value is -1.58. The number of anilines is 1. The topological polar surface area (TPSA) is 44.8 Å². The number of hydrogen-bond acceptors (Lipinski definition) is 3. The summed E-state index contributed by atoms with van der Waals surface area (Å²) in [5.74, 6) is 2.70. The molecule has 3 rings (SSSR count). The fraction of sp³-hybridized carbons (Fsp3) is 0.538. The normalized spacial score (nSPS) is 16.8. The van der Waals surface area contributed by atoms with Crippen LogP contribution in [0.15, 0.2) is 12.1 Å². The molecule has 4 nitrogen and oxygen atoms in total. The maximum Gasteiger partial charge on any atom is 0.179 e. The average Bonchev–Trinajstić information content (AvgIpc) is 2.96. The van der Waals surface area contributed by atoms with E-state index in [9.17, 15) is 0 Å². The monoisotopic (exact) mass is 230 g/mol. The predicted octanol–water partition coefficient (Wildman–Crippen LogP) is 2.68. The molecule has 2 aromatic rings. The summed E-state index contributed by atoms with van der Waals surface area (Å²) in [5, 5.41) is 0. The molecule has 1 fully saturated rings. The van der Waals surface area contributed by atoms with Gasteiger partial charge in [-0.1, -0.05) is 12.8 Å². The van der Waals surface area contributed by atoms with E-state index in [0.717, 1.165) is 22.8 Å². The summed E-state index contributed by atoms with van der Waals surface area (Å²) >= 11 is 0. The number of hydrogen-bond donors (Lipinski definition) is 1. The standard InChI is InChI=1S/C13H18N4/c1-17(2)11-8-7-10-13(15-11)16-12(14-10)9-5-3-4-6-9/h7-9H,3-6H2,1-2H3,(H,14,15,16). The Kier molecular flexibility index (Phi) is 2.50. The van der Waals surface area contributed by atoms with Crippen LogP contribution in [0, 0.1) is 0 Å². The van der Waals surface area contributed by atoms with Crippen LogP contribution in [0.3, 0.4) is 0 Å². The van der Waals surface area contributed by atoms with Gasteiger partial charge in [0.1, 0.15) is 11.6 Å². The maximum absolute atomic E-state index is 4.64. The summed E-state index contributed by atoms with van der Waals surface area (Å²) in [7, 11) is 4.00. The number of nitrogens with zero attached hydrogens (tertiary/aromatic N) is 3. The number of nitrogens with one attached hydrogen (secondary N) is 1. The first-order valence-electron chi connectivity index (χ1n) is 6.28. The number of rotatable bonds is 2. The zero-order valence-corrected chi connectivity index (χ0v) is 10.4. The molecule has 1 N–H and O–H groups in total. The molecule has 0 aliphatic heterocycles. The van der Waals surface area contributed by atoms with E-state index in [1.165, 1.54) is 25.7 Å². The Balaban J connectivity index is 2.00. The molecule has 1 aliphatic rings. The van der Waals surface area contributed by atoms with Crippen LogP contribution in [0.5, 0.6) is 0 Å². The highest BCUT2D eigenvalue weighted by molar-refractivity contribution is 5.73. The number of fused-ring (bicyclic) bond motifs is 1. The van der Waals surface area contributed by atoms with Crippen molar-refractivity contribution < 1.29 is 0 Å². The Morgan fingerprint density at radius 2 is 1.94 bits per heavy atom. The Labute approximate surface area is 101 Å². The first kappa shape index (κ1) is 10.6. The lowest BCUT2D eigenvalue weighted by Crippen LogP contribution is -2.10. The van der Waals surface area contributed by atoms with E-state index in [4.69, 9.17) is 0 Å². The van der Waals surface area contributed by atoms with Crippen molar-refractivity contribution >= 4 is 17.0 Å². The van der Waals surface area contributed by atoms with E-state index in [0.29, 0.717) is 5.92 Å². The van der Waals surface area contributed by atoms with Crippen molar-refractivity contribution in [3.8, 4) is 0 Å². The van der Waals surface area contributed by atoms with Crippen LogP contribution in [-0.4, -0.2) is 29.0 Å². The van der Waals surface area contributed by atoms with Crippen LogP contribution >= 0.6 is 0 Å². The van der Waals surface area contributed by atoms with Gasteiger partial charge in [0.05, 0.1) is 5.52 Å². The lowest BCUT2D eigenvalue weighted by molar-refractivity contribution is 0.681. The van der Waals surface area contributed by atoms with Gasteiger partial charge in [0.25, 0.3) is 0 Å². The van der Waals surface area contributed by atoms with E-state index >= 15 is 0 Å². The van der Waals surface area contributed by atoms with E-state index < -0.39 is 0 Å². The summed E-state index contributed by atoms with van der Waals surface area (Å²) in [6, 6.07) is 4.10. The van der Waals surface area contributed by atoms with E-state index in [2.05, 4.69) is 21.0 Å². The second kappa shape index (κ2) is 4.02. The van der Waals surface area contributed by atoms with Crippen molar-refractivity contribution in [3.63, 3.8) is 0 Å². The minimum Gasteiger partial charge on any atom is -0.363 e. The third-order valence-corrected chi connectivity index (χ3v) is 3.55. The maximum atomic E-state index is 4.64. The summed E-state index contributed by atoms with van der Waals surface area (Å²) in [6.07, 6.45) is 5.19. The zero-order chi connectivity index (χ0) is 11.8. The van der Waals surface area contributed by atoms with Crippen molar-refractivity contribution in [1.29, 1.82) is 0 Å². The van der Waals surface area contributed by atoms with Crippen LogP contribution in [0.1, 0.15) is 37.4 Å². The molecule has 0 atom stereocenters. The number of aromatic amines is 1. The minimum atomic E-state index is 0.618. The van der Waals surface area contributed by atoms with Crippen LogP contribution in [-0.2, 0) is 0 Å². The number of H-pyrrole nitrogens is 1. The molecule has 17 heavy (non-hydrogen) atoms. The van der Waals surface area contributed by atoms with Crippen LogP contribution < -0.4 is 4.90 Å². The second-order valence-electron chi connectivity index (χ2n) is 5.04. The Bertz CT molecular complexity index is 523. The fourth-order valence-corrected chi connectivity index (χ4v) is 2.54. The average molecular weight is 230 g/mol. The minimum absolute atomic E-state index is 0.618. The van der Waals surface area contributed by atoms with Crippen molar-refractivity contribution in [2.24, 2.45) is 0 Å². The fourth-order valence-electron chi connectivity index (χ4n) is 2.54. The first-order chi connectivity index (χ1) is 8.24. The smallest absolute Gasteiger partial charge is 0.179 e. The largest absolute Gasteiger partial charge is 0.363 e. The molecule has 0 amide bonds. The third-order valence-electron chi connectivity index (χ3n) is 3.55. The Morgan fingerprint density at radius 1 is 1.18 bits per heavy atom. The van der Waals surface area contributed by atoms with Crippen molar-refractivity contribution in [3.05, 3.63) is 18.0 Å². The molecule has 0 aromatic carbocycles. The van der Waals surface area contributed by atoms with Gasteiger partial charge in [0.15, 0.2) is 5.65 Å². The second-order valence-corrected chi connectivity index (χ2v) is 5.04.